The van der Waals surface area contributed by atoms with Crippen LogP contribution in [0.5, 0.6) is 0 Å². The van der Waals surface area contributed by atoms with Gasteiger partial charge in [0.1, 0.15) is 17.5 Å². The minimum Gasteiger partial charge on any atom is -0.391 e. The molecule has 2 rings (SSSR count). The minimum absolute atomic E-state index is 0.257. The van der Waals surface area contributed by atoms with Gasteiger partial charge in [0.25, 0.3) is 0 Å². The molecule has 0 spiro atoms. The van der Waals surface area contributed by atoms with E-state index in [1.807, 2.05) is 13.1 Å². The lowest BCUT2D eigenvalue weighted by atomic mass is 10.2. The molecule has 1 aliphatic carbocycles. The van der Waals surface area contributed by atoms with Gasteiger partial charge in [-0.15, -0.1) is 0 Å². The van der Waals surface area contributed by atoms with Crippen molar-refractivity contribution in [3.63, 3.8) is 0 Å². The highest BCUT2D eigenvalue weighted by Crippen LogP contribution is 2.32. The van der Waals surface area contributed by atoms with Crippen molar-refractivity contribution in [1.82, 2.24) is 9.97 Å². The van der Waals surface area contributed by atoms with Gasteiger partial charge in [-0.3, -0.25) is 0 Å². The van der Waals surface area contributed by atoms with E-state index in [1.165, 1.54) is 0 Å². The van der Waals surface area contributed by atoms with Crippen LogP contribution in [0.15, 0.2) is 6.07 Å². The van der Waals surface area contributed by atoms with E-state index in [1.54, 1.807) is 0 Å². The van der Waals surface area contributed by atoms with Crippen LogP contribution in [0.25, 0.3) is 0 Å². The fourth-order valence-electron chi connectivity index (χ4n) is 1.91. The highest BCUT2D eigenvalue weighted by molar-refractivity contribution is 5.47. The van der Waals surface area contributed by atoms with Crippen LogP contribution in [0.1, 0.15) is 32.0 Å². The van der Waals surface area contributed by atoms with Crippen molar-refractivity contribution in [3.8, 4) is 0 Å². The van der Waals surface area contributed by atoms with Crippen LogP contribution in [0.4, 0.5) is 11.6 Å². The van der Waals surface area contributed by atoms with E-state index in [0.29, 0.717) is 12.5 Å². The summed E-state index contributed by atoms with van der Waals surface area (Å²) in [6.07, 6.45) is 3.94. The van der Waals surface area contributed by atoms with Crippen molar-refractivity contribution in [3.05, 3.63) is 11.9 Å². The van der Waals surface area contributed by atoms with E-state index < -0.39 is 0 Å². The van der Waals surface area contributed by atoms with Gasteiger partial charge in [0.2, 0.25) is 0 Å². The molecule has 0 saturated heterocycles. The Morgan fingerprint density at radius 1 is 1.39 bits per heavy atom. The Morgan fingerprint density at radius 3 is 2.72 bits per heavy atom. The van der Waals surface area contributed by atoms with E-state index in [2.05, 4.69) is 27.5 Å². The van der Waals surface area contributed by atoms with E-state index in [-0.39, 0.29) is 6.10 Å². The Labute approximate surface area is 108 Å². The quantitative estimate of drug-likeness (QED) is 0.686. The third-order valence-corrected chi connectivity index (χ3v) is 3.16. The Hall–Kier alpha value is -1.36. The molecular formula is C13H22N4O. The summed E-state index contributed by atoms with van der Waals surface area (Å²) >= 11 is 0. The number of aliphatic hydroxyl groups is 1. The molecule has 1 saturated carbocycles. The molecule has 5 nitrogen and oxygen atoms in total. The van der Waals surface area contributed by atoms with Gasteiger partial charge < -0.3 is 15.7 Å². The normalized spacial score (nSPS) is 16.4. The van der Waals surface area contributed by atoms with Gasteiger partial charge in [0.05, 0.1) is 6.10 Å². The van der Waals surface area contributed by atoms with Crippen LogP contribution >= 0.6 is 0 Å². The number of anilines is 2. The van der Waals surface area contributed by atoms with Crippen LogP contribution in [-0.2, 0) is 6.42 Å². The number of hydrogen-bond donors (Lipinski definition) is 3. The number of rotatable bonds is 7. The van der Waals surface area contributed by atoms with E-state index in [4.69, 9.17) is 0 Å². The predicted octanol–water partition coefficient (Wildman–Crippen LogP) is 1.65. The maximum Gasteiger partial charge on any atom is 0.133 e. The molecule has 0 amide bonds. The zero-order valence-electron chi connectivity index (χ0n) is 11.1. The average Bonchev–Trinajstić information content (AvgIpc) is 3.20. The van der Waals surface area contributed by atoms with Gasteiger partial charge in [-0.1, -0.05) is 6.92 Å². The Kier molecular flexibility index (Phi) is 4.36. The van der Waals surface area contributed by atoms with Crippen molar-refractivity contribution in [1.29, 1.82) is 0 Å². The number of aliphatic hydroxyl groups excluding tert-OH is 1. The maximum absolute atomic E-state index is 9.83. The first-order valence-corrected chi connectivity index (χ1v) is 6.70. The second-order valence-corrected chi connectivity index (χ2v) is 4.84. The molecule has 100 valence electrons. The highest BCUT2D eigenvalue weighted by atomic mass is 16.3. The number of nitrogens with zero attached hydrogens (tertiary/aromatic N) is 2. The summed E-state index contributed by atoms with van der Waals surface area (Å²) in [7, 11) is 1.85. The summed E-state index contributed by atoms with van der Waals surface area (Å²) in [4.78, 5) is 8.84. The van der Waals surface area contributed by atoms with Gasteiger partial charge in [-0.05, 0) is 25.2 Å². The molecule has 1 unspecified atom stereocenters. The second kappa shape index (κ2) is 6.00. The molecular weight excluding hydrogens is 228 g/mol. The molecule has 0 aliphatic heterocycles. The molecule has 1 aromatic heterocycles. The largest absolute Gasteiger partial charge is 0.391 e. The maximum atomic E-state index is 9.83. The summed E-state index contributed by atoms with van der Waals surface area (Å²) in [5.41, 5.74) is 0. The molecule has 0 aromatic carbocycles. The molecule has 18 heavy (non-hydrogen) atoms. The molecule has 1 heterocycles. The van der Waals surface area contributed by atoms with Crippen LogP contribution in [-0.4, -0.2) is 34.8 Å². The fourth-order valence-corrected chi connectivity index (χ4v) is 1.91. The molecule has 0 radical (unpaired) electrons. The summed E-state index contributed by atoms with van der Waals surface area (Å²) in [5, 5.41) is 16.1. The van der Waals surface area contributed by atoms with Gasteiger partial charge in [-0.2, -0.15) is 0 Å². The molecule has 1 aliphatic rings. The standard InChI is InChI=1S/C13H22N4O/c1-3-4-11-16-12(14-2)7-13(17-11)15-8-10(18)9-5-6-9/h7,9-10,18H,3-6,8H2,1-2H3,(H2,14,15,16,17). The highest BCUT2D eigenvalue weighted by Gasteiger charge is 2.29. The number of nitrogens with one attached hydrogen (secondary N) is 2. The predicted molar refractivity (Wildman–Crippen MR) is 72.8 cm³/mol. The number of aryl methyl sites for hydroxylation is 1. The first kappa shape index (κ1) is 13.1. The van der Waals surface area contributed by atoms with E-state index >= 15 is 0 Å². The second-order valence-electron chi connectivity index (χ2n) is 4.84. The van der Waals surface area contributed by atoms with Crippen LogP contribution in [0.3, 0.4) is 0 Å². The van der Waals surface area contributed by atoms with Gasteiger partial charge in [0.15, 0.2) is 0 Å². The third-order valence-electron chi connectivity index (χ3n) is 3.16. The molecule has 0 bridgehead atoms. The number of aromatic nitrogens is 2. The molecule has 1 fully saturated rings. The average molecular weight is 250 g/mol. The monoisotopic (exact) mass is 250 g/mol. The molecule has 3 N–H and O–H groups in total. The first-order valence-electron chi connectivity index (χ1n) is 6.70. The van der Waals surface area contributed by atoms with Crippen molar-refractivity contribution in [2.75, 3.05) is 24.2 Å². The summed E-state index contributed by atoms with van der Waals surface area (Å²) < 4.78 is 0. The number of hydrogen-bond acceptors (Lipinski definition) is 5. The van der Waals surface area contributed by atoms with Crippen molar-refractivity contribution < 1.29 is 5.11 Å². The minimum atomic E-state index is -0.257. The van der Waals surface area contributed by atoms with Crippen molar-refractivity contribution in [2.45, 2.75) is 38.7 Å². The van der Waals surface area contributed by atoms with E-state index in [0.717, 1.165) is 43.1 Å². The van der Waals surface area contributed by atoms with E-state index in [9.17, 15) is 5.11 Å². The zero-order valence-corrected chi connectivity index (χ0v) is 11.1. The van der Waals surface area contributed by atoms with Crippen molar-refractivity contribution in [2.24, 2.45) is 5.92 Å². The summed E-state index contributed by atoms with van der Waals surface area (Å²) in [6.45, 7) is 2.68. The summed E-state index contributed by atoms with van der Waals surface area (Å²) in [5.74, 6) is 2.93. The van der Waals surface area contributed by atoms with Crippen LogP contribution < -0.4 is 10.6 Å². The molecule has 1 atom stereocenters. The lowest BCUT2D eigenvalue weighted by Crippen LogP contribution is -2.22. The van der Waals surface area contributed by atoms with Gasteiger partial charge >= 0.3 is 0 Å². The van der Waals surface area contributed by atoms with Crippen molar-refractivity contribution >= 4 is 11.6 Å². The SMILES string of the molecule is CCCc1nc(NC)cc(NCC(O)C2CC2)n1. The lowest BCUT2D eigenvalue weighted by molar-refractivity contribution is 0.164. The zero-order chi connectivity index (χ0) is 13.0. The van der Waals surface area contributed by atoms with Gasteiger partial charge in [0, 0.05) is 26.1 Å². The molecule has 1 aromatic rings. The fraction of sp³-hybridized carbons (Fsp3) is 0.692. The topological polar surface area (TPSA) is 70.1 Å². The molecule has 5 heteroatoms. The van der Waals surface area contributed by atoms with Gasteiger partial charge in [-0.25, -0.2) is 9.97 Å². The van der Waals surface area contributed by atoms with Crippen LogP contribution in [0, 0.1) is 5.92 Å². The third kappa shape index (κ3) is 3.57. The lowest BCUT2D eigenvalue weighted by Gasteiger charge is -2.12. The smallest absolute Gasteiger partial charge is 0.133 e. The first-order chi connectivity index (χ1) is 8.72. The Bertz CT molecular complexity index is 393. The van der Waals surface area contributed by atoms with Crippen LogP contribution in [0.2, 0.25) is 0 Å². The Balaban J connectivity index is 1.98. The summed E-state index contributed by atoms with van der Waals surface area (Å²) in [6, 6.07) is 1.87. The Morgan fingerprint density at radius 2 is 2.11 bits per heavy atom.